The van der Waals surface area contributed by atoms with Crippen LogP contribution in [-0.2, 0) is 27.9 Å². The molecule has 0 aliphatic heterocycles. The van der Waals surface area contributed by atoms with Gasteiger partial charge in [0.25, 0.3) is 0 Å². The molecule has 0 aromatic carbocycles. The minimum absolute atomic E-state index is 0.221. The van der Waals surface area contributed by atoms with Crippen LogP contribution >= 0.6 is 0 Å². The third kappa shape index (κ3) is 10.2. The molecule has 0 rings (SSSR count). The van der Waals surface area contributed by atoms with Gasteiger partial charge in [-0.25, -0.2) is 9.59 Å². The van der Waals surface area contributed by atoms with Gasteiger partial charge in [0.05, 0.1) is 13.2 Å². The molecule has 106 valence electrons. The van der Waals surface area contributed by atoms with Gasteiger partial charge >= 0.3 is 21.9 Å². The average Bonchev–Trinajstić information content (AvgIpc) is 2.37. The largest absolute Gasteiger partial charge is 0.457 e. The Morgan fingerprint density at radius 3 is 1.68 bits per heavy atom. The van der Waals surface area contributed by atoms with Crippen LogP contribution in [0.5, 0.6) is 0 Å². The number of carbonyl (C=O) groups excluding carboxylic acids is 2. The number of esters is 2. The van der Waals surface area contributed by atoms with Crippen LogP contribution in [0.4, 0.5) is 0 Å². The second-order valence-corrected chi connectivity index (χ2v) is 4.35. The van der Waals surface area contributed by atoms with E-state index in [9.17, 15) is 9.59 Å². The SMILES string of the molecule is C=CC(=O)OC(C)CO[Si]OCC(C)OC(=O)C=C. The van der Waals surface area contributed by atoms with E-state index in [1.807, 2.05) is 0 Å². The molecule has 7 heteroatoms. The fourth-order valence-electron chi connectivity index (χ4n) is 0.905. The zero-order valence-corrected chi connectivity index (χ0v) is 12.1. The van der Waals surface area contributed by atoms with E-state index in [0.717, 1.165) is 12.2 Å². The van der Waals surface area contributed by atoms with Gasteiger partial charge in [-0.1, -0.05) is 13.2 Å². The molecule has 19 heavy (non-hydrogen) atoms. The van der Waals surface area contributed by atoms with Crippen molar-refractivity contribution in [3.05, 3.63) is 25.3 Å². The summed E-state index contributed by atoms with van der Waals surface area (Å²) in [6, 6.07) is 0. The lowest BCUT2D eigenvalue weighted by atomic mass is 10.4. The summed E-state index contributed by atoms with van der Waals surface area (Å²) in [6.07, 6.45) is 1.42. The van der Waals surface area contributed by atoms with Gasteiger partial charge in [0, 0.05) is 12.2 Å². The summed E-state index contributed by atoms with van der Waals surface area (Å²) in [4.78, 5) is 21.7. The summed E-state index contributed by atoms with van der Waals surface area (Å²) in [6.45, 7) is 10.4. The van der Waals surface area contributed by atoms with Gasteiger partial charge < -0.3 is 18.3 Å². The number of hydrogen-bond donors (Lipinski definition) is 0. The van der Waals surface area contributed by atoms with E-state index in [-0.39, 0.29) is 35.4 Å². The molecule has 0 aromatic rings. The fraction of sp³-hybridized carbons (Fsp3) is 0.500. The van der Waals surface area contributed by atoms with Crippen LogP contribution in [0, 0.1) is 0 Å². The molecule has 2 unspecified atom stereocenters. The van der Waals surface area contributed by atoms with Crippen LogP contribution in [0.2, 0.25) is 0 Å². The van der Waals surface area contributed by atoms with E-state index < -0.39 is 11.9 Å². The molecule has 2 radical (unpaired) electrons. The van der Waals surface area contributed by atoms with Crippen LogP contribution in [-0.4, -0.2) is 47.4 Å². The van der Waals surface area contributed by atoms with Gasteiger partial charge in [0.15, 0.2) is 0 Å². The van der Waals surface area contributed by atoms with Crippen molar-refractivity contribution in [2.24, 2.45) is 0 Å². The molecule has 0 saturated heterocycles. The Hall–Kier alpha value is -1.44. The normalized spacial score (nSPS) is 13.2. The molecule has 0 aliphatic rings. The third-order valence-electron chi connectivity index (χ3n) is 1.72. The Morgan fingerprint density at radius 1 is 1.00 bits per heavy atom. The maximum absolute atomic E-state index is 10.9. The monoisotopic (exact) mass is 286 g/mol. The lowest BCUT2D eigenvalue weighted by Crippen LogP contribution is -2.24. The van der Waals surface area contributed by atoms with E-state index in [2.05, 4.69) is 13.2 Å². The summed E-state index contributed by atoms with van der Waals surface area (Å²) >= 11 is 0. The predicted octanol–water partition coefficient (Wildman–Crippen LogP) is 0.789. The van der Waals surface area contributed by atoms with Crippen molar-refractivity contribution in [1.82, 2.24) is 0 Å². The van der Waals surface area contributed by atoms with E-state index >= 15 is 0 Å². The number of ether oxygens (including phenoxy) is 2. The summed E-state index contributed by atoms with van der Waals surface area (Å²) < 4.78 is 20.1. The first kappa shape index (κ1) is 17.6. The average molecular weight is 286 g/mol. The van der Waals surface area contributed by atoms with Crippen molar-refractivity contribution in [1.29, 1.82) is 0 Å². The molecule has 0 amide bonds. The molecular weight excluding hydrogens is 268 g/mol. The molecule has 2 atom stereocenters. The Bertz CT molecular complexity index is 287. The quantitative estimate of drug-likeness (QED) is 0.256. The third-order valence-corrected chi connectivity index (χ3v) is 2.29. The highest BCUT2D eigenvalue weighted by molar-refractivity contribution is 6.17. The Labute approximate surface area is 115 Å². The van der Waals surface area contributed by atoms with Crippen molar-refractivity contribution in [2.75, 3.05) is 13.2 Å². The number of hydrogen-bond acceptors (Lipinski definition) is 6. The lowest BCUT2D eigenvalue weighted by Gasteiger charge is -2.13. The highest BCUT2D eigenvalue weighted by atomic mass is 28.3. The molecule has 0 heterocycles. The summed E-state index contributed by atoms with van der Waals surface area (Å²) in [7, 11) is -0.222. The minimum atomic E-state index is -0.495. The van der Waals surface area contributed by atoms with Crippen molar-refractivity contribution in [2.45, 2.75) is 26.1 Å². The maximum atomic E-state index is 10.9. The van der Waals surface area contributed by atoms with Crippen LogP contribution in [0.1, 0.15) is 13.8 Å². The van der Waals surface area contributed by atoms with Gasteiger partial charge in [-0.05, 0) is 13.8 Å². The van der Waals surface area contributed by atoms with Crippen LogP contribution < -0.4 is 0 Å². The van der Waals surface area contributed by atoms with E-state index in [0.29, 0.717) is 0 Å². The van der Waals surface area contributed by atoms with Crippen molar-refractivity contribution in [3.8, 4) is 0 Å². The molecule has 0 fully saturated rings. The van der Waals surface area contributed by atoms with E-state index in [4.69, 9.17) is 18.3 Å². The standard InChI is InChI=1S/C12H18O6Si/c1-5-11(13)17-9(3)7-15-19-16-8-10(4)18-12(14)6-2/h5-6,9-10H,1-2,7-8H2,3-4H3. The lowest BCUT2D eigenvalue weighted by molar-refractivity contribution is -0.143. The van der Waals surface area contributed by atoms with Crippen molar-refractivity contribution in [3.63, 3.8) is 0 Å². The van der Waals surface area contributed by atoms with Crippen molar-refractivity contribution >= 4 is 21.9 Å². The Balaban J connectivity index is 3.54. The molecule has 0 bridgehead atoms. The molecule has 0 aliphatic carbocycles. The van der Waals surface area contributed by atoms with E-state index in [1.165, 1.54) is 0 Å². The summed E-state index contributed by atoms with van der Waals surface area (Å²) in [5, 5.41) is 0. The van der Waals surface area contributed by atoms with Gasteiger partial charge in [0.2, 0.25) is 0 Å². The van der Waals surface area contributed by atoms with Crippen molar-refractivity contribution < 1.29 is 27.9 Å². The van der Waals surface area contributed by atoms with Crippen LogP contribution in [0.25, 0.3) is 0 Å². The molecular formula is C12H18O6Si. The predicted molar refractivity (Wildman–Crippen MR) is 69.2 cm³/mol. The maximum Gasteiger partial charge on any atom is 0.433 e. The Kier molecular flexibility index (Phi) is 9.68. The topological polar surface area (TPSA) is 71.1 Å². The summed E-state index contributed by atoms with van der Waals surface area (Å²) in [5.41, 5.74) is 0. The van der Waals surface area contributed by atoms with E-state index in [1.54, 1.807) is 13.8 Å². The van der Waals surface area contributed by atoms with Crippen LogP contribution in [0.3, 0.4) is 0 Å². The van der Waals surface area contributed by atoms with Gasteiger partial charge in [-0.2, -0.15) is 0 Å². The second kappa shape index (κ2) is 10.5. The smallest absolute Gasteiger partial charge is 0.433 e. The first-order valence-electron chi connectivity index (χ1n) is 5.64. The molecule has 0 aromatic heterocycles. The second-order valence-electron chi connectivity index (χ2n) is 3.61. The number of rotatable bonds is 10. The first-order chi connectivity index (χ1) is 8.99. The zero-order chi connectivity index (χ0) is 14.7. The van der Waals surface area contributed by atoms with Crippen LogP contribution in [0.15, 0.2) is 25.3 Å². The molecule has 0 N–H and O–H groups in total. The van der Waals surface area contributed by atoms with Gasteiger partial charge in [-0.3, -0.25) is 0 Å². The zero-order valence-electron chi connectivity index (χ0n) is 11.1. The Morgan fingerprint density at radius 2 is 1.37 bits per heavy atom. The highest BCUT2D eigenvalue weighted by Gasteiger charge is 2.09. The molecule has 0 spiro atoms. The minimum Gasteiger partial charge on any atom is -0.457 e. The van der Waals surface area contributed by atoms with Gasteiger partial charge in [0.1, 0.15) is 12.2 Å². The van der Waals surface area contributed by atoms with Gasteiger partial charge in [-0.15, -0.1) is 0 Å². The fourth-order valence-corrected chi connectivity index (χ4v) is 1.59. The summed E-state index contributed by atoms with van der Waals surface area (Å²) in [5.74, 6) is -0.990. The molecule has 6 nitrogen and oxygen atoms in total. The first-order valence-corrected chi connectivity index (χ1v) is 6.46. The highest BCUT2D eigenvalue weighted by Crippen LogP contribution is 1.95. The molecule has 0 saturated carbocycles. The number of carbonyl (C=O) groups is 2.